The number of nitrogens with one attached hydrogen (secondary N) is 1. The van der Waals surface area contributed by atoms with Crippen LogP contribution in [0.4, 0.5) is 0 Å². The monoisotopic (exact) mass is 292 g/mol. The normalized spacial score (nSPS) is 34.6. The Kier molecular flexibility index (Phi) is 3.79. The number of aromatic amines is 1. The lowest BCUT2D eigenvalue weighted by molar-refractivity contribution is -0.115. The second-order valence-electron chi connectivity index (χ2n) is 4.32. The van der Waals surface area contributed by atoms with Gasteiger partial charge in [0.05, 0.1) is 12.5 Å². The average Bonchev–Trinajstić information content (AvgIpc) is 2.64. The van der Waals surface area contributed by atoms with Crippen molar-refractivity contribution in [2.45, 2.75) is 24.0 Å². The third-order valence-corrected chi connectivity index (χ3v) is 3.58. The van der Waals surface area contributed by atoms with Crippen LogP contribution in [0.25, 0.3) is 0 Å². The van der Waals surface area contributed by atoms with Crippen LogP contribution in [0.1, 0.15) is 6.23 Å². The minimum absolute atomic E-state index is 0.268. The van der Waals surface area contributed by atoms with Gasteiger partial charge in [-0.05, 0) is 0 Å². The van der Waals surface area contributed by atoms with Gasteiger partial charge < -0.3 is 20.1 Å². The first-order chi connectivity index (χ1) is 8.95. The molecule has 9 heteroatoms. The summed E-state index contributed by atoms with van der Waals surface area (Å²) in [5.74, 6) is -0.268. The number of nitrogens with zero attached hydrogens (tertiary/aromatic N) is 1. The van der Waals surface area contributed by atoms with Crippen LogP contribution in [0.3, 0.4) is 0 Å². The lowest BCUT2D eigenvalue weighted by Gasteiger charge is -2.27. The average molecular weight is 293 g/mol. The Bertz CT molecular complexity index is 566. The number of alkyl halides is 1. The number of aromatic nitrogens is 2. The highest BCUT2D eigenvalue weighted by Crippen LogP contribution is 2.36. The smallest absolute Gasteiger partial charge is 0.330 e. The summed E-state index contributed by atoms with van der Waals surface area (Å²) in [7, 11) is 0. The minimum Gasteiger partial charge on any atom is -0.393 e. The number of halogens is 1. The fourth-order valence-corrected chi connectivity index (χ4v) is 2.29. The fraction of sp³-hybridized carbons (Fsp3) is 0.600. The molecule has 0 amide bonds. The summed E-state index contributed by atoms with van der Waals surface area (Å²) < 4.78 is 6.25. The van der Waals surface area contributed by atoms with E-state index in [-0.39, 0.29) is 5.88 Å². The van der Waals surface area contributed by atoms with E-state index >= 15 is 0 Å². The molecule has 4 N–H and O–H groups in total. The number of ether oxygens (including phenoxy) is 1. The molecule has 4 atom stereocenters. The van der Waals surface area contributed by atoms with Gasteiger partial charge in [0.2, 0.25) is 0 Å². The molecule has 19 heavy (non-hydrogen) atoms. The van der Waals surface area contributed by atoms with Gasteiger partial charge in [0.25, 0.3) is 5.56 Å². The number of aliphatic hydroxyl groups excluding tert-OH is 3. The van der Waals surface area contributed by atoms with Crippen LogP contribution in [0.2, 0.25) is 0 Å². The summed E-state index contributed by atoms with van der Waals surface area (Å²) in [5.41, 5.74) is -2.95. The maximum Gasteiger partial charge on any atom is 0.330 e. The van der Waals surface area contributed by atoms with Crippen molar-refractivity contribution in [1.82, 2.24) is 9.55 Å². The van der Waals surface area contributed by atoms with Crippen molar-refractivity contribution in [1.29, 1.82) is 0 Å². The van der Waals surface area contributed by atoms with Crippen molar-refractivity contribution >= 4 is 11.6 Å². The molecule has 2 unspecified atom stereocenters. The zero-order chi connectivity index (χ0) is 14.2. The number of H-pyrrole nitrogens is 1. The van der Waals surface area contributed by atoms with Crippen molar-refractivity contribution in [3.63, 3.8) is 0 Å². The summed E-state index contributed by atoms with van der Waals surface area (Å²) in [5, 5.41) is 29.0. The Balaban J connectivity index is 2.42. The Labute approximate surface area is 111 Å². The molecule has 0 spiro atoms. The molecule has 0 bridgehead atoms. The zero-order valence-corrected chi connectivity index (χ0v) is 10.4. The molecule has 0 radical (unpaired) electrons. The van der Waals surface area contributed by atoms with E-state index < -0.39 is 41.9 Å². The molecule has 1 aromatic heterocycles. The summed E-state index contributed by atoms with van der Waals surface area (Å²) >= 11 is 5.64. The molecular weight excluding hydrogens is 280 g/mol. The summed E-state index contributed by atoms with van der Waals surface area (Å²) in [6, 6.07) is 1.07. The van der Waals surface area contributed by atoms with Crippen LogP contribution >= 0.6 is 11.6 Å². The fourth-order valence-electron chi connectivity index (χ4n) is 1.98. The number of hydrogen-bond donors (Lipinski definition) is 4. The zero-order valence-electron chi connectivity index (χ0n) is 9.69. The molecular formula is C10H13ClN2O6. The highest BCUT2D eigenvalue weighted by molar-refractivity contribution is 6.18. The SMILES string of the molecule is O=c1ccn([C@@H]2O[C@@](CO)(CCl)C(O)C2O)c(=O)[nH]1. The van der Waals surface area contributed by atoms with Gasteiger partial charge in [-0.2, -0.15) is 0 Å². The van der Waals surface area contributed by atoms with Crippen LogP contribution in [-0.2, 0) is 4.74 Å². The van der Waals surface area contributed by atoms with E-state index in [2.05, 4.69) is 0 Å². The van der Waals surface area contributed by atoms with E-state index in [1.165, 1.54) is 0 Å². The van der Waals surface area contributed by atoms with Gasteiger partial charge in [0, 0.05) is 12.3 Å². The molecule has 1 aromatic rings. The Morgan fingerprint density at radius 2 is 2.16 bits per heavy atom. The van der Waals surface area contributed by atoms with E-state index in [4.69, 9.17) is 16.3 Å². The quantitative estimate of drug-likeness (QED) is 0.467. The first-order valence-electron chi connectivity index (χ1n) is 5.47. The lowest BCUT2D eigenvalue weighted by Crippen LogP contribution is -2.47. The molecule has 2 heterocycles. The lowest BCUT2D eigenvalue weighted by atomic mass is 9.98. The van der Waals surface area contributed by atoms with Gasteiger partial charge in [-0.15, -0.1) is 11.6 Å². The third kappa shape index (κ3) is 2.21. The van der Waals surface area contributed by atoms with Crippen molar-refractivity contribution in [3.05, 3.63) is 33.1 Å². The maximum atomic E-state index is 11.6. The van der Waals surface area contributed by atoms with Crippen molar-refractivity contribution < 1.29 is 20.1 Å². The van der Waals surface area contributed by atoms with E-state index in [0.29, 0.717) is 0 Å². The molecule has 1 aliphatic rings. The number of rotatable bonds is 3. The van der Waals surface area contributed by atoms with E-state index in [1.54, 1.807) is 0 Å². The van der Waals surface area contributed by atoms with Crippen LogP contribution in [0.15, 0.2) is 21.9 Å². The van der Waals surface area contributed by atoms with Gasteiger partial charge in [-0.25, -0.2) is 4.79 Å². The molecule has 2 rings (SSSR count). The maximum absolute atomic E-state index is 11.6. The Morgan fingerprint density at radius 1 is 1.47 bits per heavy atom. The molecule has 1 saturated heterocycles. The molecule has 0 saturated carbocycles. The van der Waals surface area contributed by atoms with Crippen molar-refractivity contribution in [2.75, 3.05) is 12.5 Å². The standard InChI is InChI=1S/C10H13ClN2O6/c11-3-10(4-14)7(17)6(16)8(19-10)13-2-1-5(15)12-9(13)18/h1-2,6-8,14,16-17H,3-4H2,(H,12,15,18)/t6?,7?,8-,10-/m1/s1. The first kappa shape index (κ1) is 14.2. The Hall–Kier alpha value is -1.19. The Morgan fingerprint density at radius 3 is 2.63 bits per heavy atom. The van der Waals surface area contributed by atoms with Gasteiger partial charge in [-0.3, -0.25) is 14.3 Å². The predicted octanol–water partition coefficient (Wildman–Crippen LogP) is -2.24. The molecule has 1 fully saturated rings. The molecule has 0 aromatic carbocycles. The van der Waals surface area contributed by atoms with Gasteiger partial charge in [0.15, 0.2) is 6.23 Å². The highest BCUT2D eigenvalue weighted by Gasteiger charge is 2.54. The highest BCUT2D eigenvalue weighted by atomic mass is 35.5. The van der Waals surface area contributed by atoms with Gasteiger partial charge in [0.1, 0.15) is 17.8 Å². The van der Waals surface area contributed by atoms with Crippen molar-refractivity contribution in [3.8, 4) is 0 Å². The second-order valence-corrected chi connectivity index (χ2v) is 4.59. The third-order valence-electron chi connectivity index (χ3n) is 3.13. The predicted molar refractivity (Wildman–Crippen MR) is 64.0 cm³/mol. The van der Waals surface area contributed by atoms with Crippen LogP contribution < -0.4 is 11.2 Å². The minimum atomic E-state index is -1.55. The van der Waals surface area contributed by atoms with E-state index in [0.717, 1.165) is 16.8 Å². The number of hydrogen-bond acceptors (Lipinski definition) is 6. The molecule has 1 aliphatic heterocycles. The van der Waals surface area contributed by atoms with Crippen LogP contribution in [0, 0.1) is 0 Å². The molecule has 8 nitrogen and oxygen atoms in total. The van der Waals surface area contributed by atoms with Crippen LogP contribution in [0.5, 0.6) is 0 Å². The van der Waals surface area contributed by atoms with Gasteiger partial charge >= 0.3 is 5.69 Å². The van der Waals surface area contributed by atoms with Crippen molar-refractivity contribution in [2.24, 2.45) is 0 Å². The molecule has 0 aliphatic carbocycles. The molecule has 106 valence electrons. The van der Waals surface area contributed by atoms with Crippen LogP contribution in [-0.4, -0.2) is 55.2 Å². The topological polar surface area (TPSA) is 125 Å². The first-order valence-corrected chi connectivity index (χ1v) is 6.01. The van der Waals surface area contributed by atoms with E-state index in [1.807, 2.05) is 4.98 Å². The van der Waals surface area contributed by atoms with Gasteiger partial charge in [-0.1, -0.05) is 0 Å². The van der Waals surface area contributed by atoms with E-state index in [9.17, 15) is 24.9 Å². The summed E-state index contributed by atoms with van der Waals surface area (Å²) in [4.78, 5) is 24.6. The number of aliphatic hydroxyl groups is 3. The summed E-state index contributed by atoms with van der Waals surface area (Å²) in [6.45, 7) is -0.622. The summed E-state index contributed by atoms with van der Waals surface area (Å²) in [6.07, 6.45) is -3.04. The largest absolute Gasteiger partial charge is 0.393 e. The second kappa shape index (κ2) is 5.06.